The van der Waals surface area contributed by atoms with Gasteiger partial charge < -0.3 is 20.9 Å². The fourth-order valence-electron chi connectivity index (χ4n) is 0.923. The molecule has 0 aliphatic rings. The van der Waals surface area contributed by atoms with E-state index in [0.717, 1.165) is 0 Å². The lowest BCUT2D eigenvalue weighted by Gasteiger charge is -2.04. The third kappa shape index (κ3) is 1.76. The van der Waals surface area contributed by atoms with Gasteiger partial charge in [-0.1, -0.05) is 12.1 Å². The van der Waals surface area contributed by atoms with Crippen LogP contribution >= 0.6 is 0 Å². The summed E-state index contributed by atoms with van der Waals surface area (Å²) >= 11 is 0. The molecule has 0 bridgehead atoms. The molecule has 0 heterocycles. The summed E-state index contributed by atoms with van der Waals surface area (Å²) in [5.41, 5.74) is 6.75. The van der Waals surface area contributed by atoms with Gasteiger partial charge in [0, 0.05) is 11.3 Å². The highest BCUT2D eigenvalue weighted by Crippen LogP contribution is 2.08. The minimum Gasteiger partial charge on any atom is -0.423 e. The maximum Gasteiger partial charge on any atom is 0.488 e. The number of benzene rings is 1. The molecule has 1 aromatic rings. The van der Waals surface area contributed by atoms with E-state index in [0.29, 0.717) is 16.7 Å². The lowest BCUT2D eigenvalue weighted by Crippen LogP contribution is -2.30. The average molecular weight is 167 g/mol. The molecule has 12 heavy (non-hydrogen) atoms. The average Bonchev–Trinajstić information content (AvgIpc) is 2.05. The topological polar surface area (TPSA) is 86.7 Å². The lowest BCUT2D eigenvalue weighted by atomic mass is 9.79. The van der Waals surface area contributed by atoms with Gasteiger partial charge in [-0.25, -0.2) is 0 Å². The third-order valence-corrected chi connectivity index (χ3v) is 1.64. The molecular formula is C7H10BNO3. The van der Waals surface area contributed by atoms with Crippen molar-refractivity contribution in [2.75, 3.05) is 5.73 Å². The molecule has 0 fully saturated rings. The van der Waals surface area contributed by atoms with Gasteiger partial charge in [0.1, 0.15) is 0 Å². The molecule has 0 aromatic heterocycles. The normalized spacial score (nSPS) is 9.92. The smallest absolute Gasteiger partial charge is 0.423 e. The second-order valence-electron chi connectivity index (χ2n) is 2.49. The Labute approximate surface area is 70.4 Å². The van der Waals surface area contributed by atoms with Crippen LogP contribution in [0, 0.1) is 0 Å². The summed E-state index contributed by atoms with van der Waals surface area (Å²) < 4.78 is 0. The van der Waals surface area contributed by atoms with Crippen molar-refractivity contribution in [3.8, 4) is 0 Å². The lowest BCUT2D eigenvalue weighted by molar-refractivity contribution is 0.282. The summed E-state index contributed by atoms with van der Waals surface area (Å²) in [5, 5.41) is 26.3. The molecule has 0 saturated heterocycles. The van der Waals surface area contributed by atoms with Gasteiger partial charge in [0.05, 0.1) is 6.61 Å². The Morgan fingerprint density at radius 3 is 2.50 bits per heavy atom. The molecule has 0 spiro atoms. The molecule has 4 nitrogen and oxygen atoms in total. The van der Waals surface area contributed by atoms with Crippen molar-refractivity contribution in [1.82, 2.24) is 0 Å². The molecule has 5 heteroatoms. The van der Waals surface area contributed by atoms with E-state index in [2.05, 4.69) is 0 Å². The molecule has 0 aliphatic heterocycles. The van der Waals surface area contributed by atoms with Crippen LogP contribution in [0.4, 0.5) is 5.69 Å². The largest absolute Gasteiger partial charge is 0.488 e. The third-order valence-electron chi connectivity index (χ3n) is 1.64. The summed E-state index contributed by atoms with van der Waals surface area (Å²) in [5.74, 6) is 0. The van der Waals surface area contributed by atoms with Gasteiger partial charge in [-0.15, -0.1) is 0 Å². The number of rotatable bonds is 2. The van der Waals surface area contributed by atoms with Crippen molar-refractivity contribution in [2.45, 2.75) is 6.61 Å². The molecule has 0 aliphatic carbocycles. The van der Waals surface area contributed by atoms with Crippen LogP contribution in [0.5, 0.6) is 0 Å². The highest BCUT2D eigenvalue weighted by molar-refractivity contribution is 6.58. The fourth-order valence-corrected chi connectivity index (χ4v) is 0.923. The number of hydrogen-bond donors (Lipinski definition) is 4. The van der Waals surface area contributed by atoms with E-state index in [1.54, 1.807) is 0 Å². The van der Waals surface area contributed by atoms with Crippen LogP contribution in [0.2, 0.25) is 0 Å². The van der Waals surface area contributed by atoms with Gasteiger partial charge in [-0.05, 0) is 11.5 Å². The van der Waals surface area contributed by atoms with Crippen molar-refractivity contribution >= 4 is 18.3 Å². The minimum atomic E-state index is -1.52. The minimum absolute atomic E-state index is 0.202. The second-order valence-corrected chi connectivity index (χ2v) is 2.49. The fraction of sp³-hybridized carbons (Fsp3) is 0.143. The summed E-state index contributed by atoms with van der Waals surface area (Å²) in [6.07, 6.45) is 0. The molecule has 0 saturated carbocycles. The number of nitrogens with two attached hydrogens (primary N) is 1. The zero-order chi connectivity index (χ0) is 9.14. The van der Waals surface area contributed by atoms with E-state index in [9.17, 15) is 0 Å². The molecule has 0 unspecified atom stereocenters. The number of hydrogen-bond acceptors (Lipinski definition) is 4. The highest BCUT2D eigenvalue weighted by Gasteiger charge is 2.11. The molecular weight excluding hydrogens is 157 g/mol. The van der Waals surface area contributed by atoms with Gasteiger partial charge >= 0.3 is 7.12 Å². The van der Waals surface area contributed by atoms with Crippen LogP contribution in [0.15, 0.2) is 18.2 Å². The van der Waals surface area contributed by atoms with Crippen LogP contribution in [-0.4, -0.2) is 22.3 Å². The Hall–Kier alpha value is -1.04. The van der Waals surface area contributed by atoms with Crippen molar-refractivity contribution in [3.05, 3.63) is 23.8 Å². The van der Waals surface area contributed by atoms with Crippen LogP contribution in [0.25, 0.3) is 0 Å². The first-order valence-corrected chi connectivity index (χ1v) is 3.50. The number of nitrogen functional groups attached to an aromatic ring is 1. The first-order chi connectivity index (χ1) is 5.65. The van der Waals surface area contributed by atoms with E-state index in [1.807, 2.05) is 0 Å². The number of aliphatic hydroxyl groups is 1. The Balaban J connectivity index is 3.05. The van der Waals surface area contributed by atoms with Crippen LogP contribution < -0.4 is 11.2 Å². The molecule has 1 aromatic carbocycles. The maximum atomic E-state index is 8.78. The predicted octanol–water partition coefficient (Wildman–Crippen LogP) is -1.56. The molecule has 0 atom stereocenters. The summed E-state index contributed by atoms with van der Waals surface area (Å²) in [6.45, 7) is -0.202. The van der Waals surface area contributed by atoms with Gasteiger partial charge in [-0.3, -0.25) is 0 Å². The zero-order valence-corrected chi connectivity index (χ0v) is 6.44. The number of aliphatic hydroxyl groups excluding tert-OH is 1. The van der Waals surface area contributed by atoms with Crippen LogP contribution in [-0.2, 0) is 6.61 Å². The van der Waals surface area contributed by atoms with Gasteiger partial charge in [-0.2, -0.15) is 0 Å². The van der Waals surface area contributed by atoms with E-state index < -0.39 is 7.12 Å². The van der Waals surface area contributed by atoms with Crippen molar-refractivity contribution in [2.24, 2.45) is 0 Å². The molecule has 0 amide bonds. The standard InChI is InChI=1S/C7H10BNO3/c9-7-2-1-6(8(11)12)3-5(7)4-10/h1-3,10-12H,4,9H2. The van der Waals surface area contributed by atoms with Crippen molar-refractivity contribution < 1.29 is 15.2 Å². The van der Waals surface area contributed by atoms with Crippen molar-refractivity contribution in [1.29, 1.82) is 0 Å². The van der Waals surface area contributed by atoms with Crippen molar-refractivity contribution in [3.63, 3.8) is 0 Å². The van der Waals surface area contributed by atoms with Gasteiger partial charge in [0.25, 0.3) is 0 Å². The van der Waals surface area contributed by atoms with Crippen LogP contribution in [0.3, 0.4) is 0 Å². The van der Waals surface area contributed by atoms with Gasteiger partial charge in [0.15, 0.2) is 0 Å². The van der Waals surface area contributed by atoms with Crippen LogP contribution in [0.1, 0.15) is 5.56 Å². The summed E-state index contributed by atoms with van der Waals surface area (Å²) in [6, 6.07) is 4.49. The van der Waals surface area contributed by atoms with E-state index >= 15 is 0 Å². The maximum absolute atomic E-state index is 8.78. The Morgan fingerprint density at radius 1 is 1.33 bits per heavy atom. The Bertz CT molecular complexity index is 277. The van der Waals surface area contributed by atoms with Gasteiger partial charge in [0.2, 0.25) is 0 Å². The Kier molecular flexibility index (Phi) is 2.70. The number of anilines is 1. The summed E-state index contributed by atoms with van der Waals surface area (Å²) in [4.78, 5) is 0. The summed E-state index contributed by atoms with van der Waals surface area (Å²) in [7, 11) is -1.52. The van der Waals surface area contributed by atoms with E-state index in [1.165, 1.54) is 18.2 Å². The molecule has 5 N–H and O–H groups in total. The van der Waals surface area contributed by atoms with E-state index in [4.69, 9.17) is 20.9 Å². The molecule has 64 valence electrons. The van der Waals surface area contributed by atoms with E-state index in [-0.39, 0.29) is 6.61 Å². The SMILES string of the molecule is Nc1ccc(B(O)O)cc1CO. The zero-order valence-electron chi connectivity index (χ0n) is 6.44. The first kappa shape index (κ1) is 9.06. The monoisotopic (exact) mass is 167 g/mol. The Morgan fingerprint density at radius 2 is 2.00 bits per heavy atom. The quantitative estimate of drug-likeness (QED) is 0.317. The first-order valence-electron chi connectivity index (χ1n) is 3.50. The molecule has 1 rings (SSSR count). The predicted molar refractivity (Wildman–Crippen MR) is 46.6 cm³/mol. The highest BCUT2D eigenvalue weighted by atomic mass is 16.4. The second kappa shape index (κ2) is 3.58. The molecule has 0 radical (unpaired) electrons.